The summed E-state index contributed by atoms with van der Waals surface area (Å²) < 4.78 is 7.90. The number of hydrogen-bond acceptors (Lipinski definition) is 6. The third-order valence-corrected chi connectivity index (χ3v) is 3.23. The number of pyridine rings is 2. The molecule has 0 aromatic carbocycles. The Morgan fingerprint density at radius 3 is 2.86 bits per heavy atom. The molecule has 0 atom stereocenters. The van der Waals surface area contributed by atoms with Crippen molar-refractivity contribution in [3.8, 4) is 17.6 Å². The first kappa shape index (κ1) is 14.0. The van der Waals surface area contributed by atoms with E-state index in [0.29, 0.717) is 27.1 Å². The third kappa shape index (κ3) is 2.47. The van der Waals surface area contributed by atoms with E-state index in [-0.39, 0.29) is 5.82 Å². The Kier molecular flexibility index (Phi) is 3.44. The normalized spacial score (nSPS) is 10.4. The fourth-order valence-electron chi connectivity index (χ4n) is 1.88. The number of rotatable bonds is 3. The maximum absolute atomic E-state index is 10.6. The van der Waals surface area contributed by atoms with Gasteiger partial charge in [0.15, 0.2) is 17.7 Å². The predicted octanol–water partition coefficient (Wildman–Crippen LogP) is 3.06. The van der Waals surface area contributed by atoms with Crippen LogP contribution in [0.4, 0.5) is 5.82 Å². The van der Waals surface area contributed by atoms with Gasteiger partial charge in [0.2, 0.25) is 0 Å². The quantitative estimate of drug-likeness (QED) is 0.525. The van der Waals surface area contributed by atoms with E-state index in [0.717, 1.165) is 0 Å². The molecule has 22 heavy (non-hydrogen) atoms. The Labute approximate surface area is 131 Å². The number of nitriles is 1. The van der Waals surface area contributed by atoms with E-state index < -0.39 is 4.92 Å². The van der Waals surface area contributed by atoms with Crippen LogP contribution in [0.3, 0.4) is 0 Å². The van der Waals surface area contributed by atoms with Crippen LogP contribution in [0.2, 0.25) is 0 Å². The highest BCUT2D eigenvalue weighted by Crippen LogP contribution is 2.31. The summed E-state index contributed by atoms with van der Waals surface area (Å²) in [6, 6.07) is 6.39. The summed E-state index contributed by atoms with van der Waals surface area (Å²) in [5, 5.41) is 23.8. The van der Waals surface area contributed by atoms with Crippen molar-refractivity contribution in [1.82, 2.24) is 14.6 Å². The van der Waals surface area contributed by atoms with Gasteiger partial charge in [-0.2, -0.15) is 10.4 Å². The highest BCUT2D eigenvalue weighted by Gasteiger charge is 2.14. The Balaban J connectivity index is 2.04. The number of nitro groups is 1. The lowest BCUT2D eigenvalue weighted by Crippen LogP contribution is -1.95. The number of hydrogen-bond donors (Lipinski definition) is 0. The second-order valence-electron chi connectivity index (χ2n) is 4.20. The van der Waals surface area contributed by atoms with Gasteiger partial charge in [0, 0.05) is 16.7 Å². The molecule has 3 heterocycles. The zero-order chi connectivity index (χ0) is 15.7. The molecular formula is C13H6BrN5O3. The first-order chi connectivity index (χ1) is 10.6. The van der Waals surface area contributed by atoms with Crippen LogP contribution in [0.1, 0.15) is 5.56 Å². The number of halogens is 1. The Morgan fingerprint density at radius 1 is 1.41 bits per heavy atom. The van der Waals surface area contributed by atoms with E-state index in [2.05, 4.69) is 26.0 Å². The predicted molar refractivity (Wildman–Crippen MR) is 78.6 cm³/mol. The lowest BCUT2D eigenvalue weighted by Gasteiger charge is -2.07. The van der Waals surface area contributed by atoms with Gasteiger partial charge in [0.1, 0.15) is 17.1 Å². The highest BCUT2D eigenvalue weighted by molar-refractivity contribution is 9.10. The first-order valence-corrected chi connectivity index (χ1v) is 6.73. The summed E-state index contributed by atoms with van der Waals surface area (Å²) in [5.41, 5.74) is 0.862. The van der Waals surface area contributed by atoms with E-state index in [9.17, 15) is 10.1 Å². The van der Waals surface area contributed by atoms with Crippen LogP contribution < -0.4 is 4.74 Å². The van der Waals surface area contributed by atoms with Crippen molar-refractivity contribution >= 4 is 27.3 Å². The molecule has 0 aliphatic heterocycles. The molecule has 0 spiro atoms. The largest absolute Gasteiger partial charge is 0.451 e. The molecule has 8 nitrogen and oxygen atoms in total. The topological polar surface area (TPSA) is 106 Å². The fraction of sp³-hybridized carbons (Fsp3) is 0. The smallest absolute Gasteiger partial charge is 0.363 e. The minimum Gasteiger partial charge on any atom is -0.451 e. The Hall–Kier alpha value is -2.99. The van der Waals surface area contributed by atoms with E-state index in [1.165, 1.54) is 29.0 Å². The summed E-state index contributed by atoms with van der Waals surface area (Å²) in [7, 11) is 0. The minimum atomic E-state index is -0.591. The van der Waals surface area contributed by atoms with Gasteiger partial charge < -0.3 is 14.9 Å². The molecule has 3 rings (SSSR count). The highest BCUT2D eigenvalue weighted by atomic mass is 79.9. The lowest BCUT2D eigenvalue weighted by molar-refractivity contribution is -0.389. The molecule has 3 aromatic rings. The molecule has 0 saturated heterocycles. The Morgan fingerprint density at radius 2 is 2.23 bits per heavy atom. The van der Waals surface area contributed by atoms with Crippen molar-refractivity contribution < 1.29 is 9.66 Å². The standard InChI is InChI=1S/C13H6BrN5O3/c14-9-3-11(13-8(4-15)5-17-18(13)7-9)22-10-1-2-12(16-6-10)19(20)21/h1-3,5-7H. The van der Waals surface area contributed by atoms with Gasteiger partial charge in [0.05, 0.1) is 6.20 Å². The van der Waals surface area contributed by atoms with Crippen LogP contribution in [0.25, 0.3) is 5.52 Å². The monoisotopic (exact) mass is 359 g/mol. The van der Waals surface area contributed by atoms with Crippen LogP contribution in [-0.4, -0.2) is 19.5 Å². The Bertz CT molecular complexity index is 914. The van der Waals surface area contributed by atoms with Crippen molar-refractivity contribution in [2.24, 2.45) is 0 Å². The van der Waals surface area contributed by atoms with E-state index in [1.807, 2.05) is 6.07 Å². The maximum Gasteiger partial charge on any atom is 0.363 e. The molecule has 0 aliphatic rings. The lowest BCUT2D eigenvalue weighted by atomic mass is 10.2. The molecule has 0 saturated carbocycles. The summed E-state index contributed by atoms with van der Waals surface area (Å²) in [6.07, 6.45) is 4.37. The molecule has 0 fully saturated rings. The van der Waals surface area contributed by atoms with Crippen LogP contribution >= 0.6 is 15.9 Å². The first-order valence-electron chi connectivity index (χ1n) is 5.94. The molecule has 9 heteroatoms. The van der Waals surface area contributed by atoms with Crippen molar-refractivity contribution in [3.63, 3.8) is 0 Å². The second-order valence-corrected chi connectivity index (χ2v) is 5.11. The maximum atomic E-state index is 10.6. The molecule has 0 radical (unpaired) electrons. The third-order valence-electron chi connectivity index (χ3n) is 2.80. The number of fused-ring (bicyclic) bond motifs is 1. The van der Waals surface area contributed by atoms with Crippen molar-refractivity contribution in [2.45, 2.75) is 0 Å². The number of ether oxygens (including phenoxy) is 1. The molecule has 3 aromatic heterocycles. The summed E-state index contributed by atoms with van der Waals surface area (Å²) in [4.78, 5) is 13.7. The van der Waals surface area contributed by atoms with Crippen molar-refractivity contribution in [2.75, 3.05) is 0 Å². The van der Waals surface area contributed by atoms with E-state index in [1.54, 1.807) is 12.3 Å². The minimum absolute atomic E-state index is 0.270. The van der Waals surface area contributed by atoms with Crippen LogP contribution in [0.15, 0.2) is 41.3 Å². The average molecular weight is 360 g/mol. The molecule has 0 bridgehead atoms. The van der Waals surface area contributed by atoms with Crippen LogP contribution in [0.5, 0.6) is 11.5 Å². The molecular weight excluding hydrogens is 354 g/mol. The second kappa shape index (κ2) is 5.42. The van der Waals surface area contributed by atoms with Crippen LogP contribution in [0, 0.1) is 21.4 Å². The average Bonchev–Trinajstić information content (AvgIpc) is 2.90. The summed E-state index contributed by atoms with van der Waals surface area (Å²) in [5.74, 6) is 0.434. The van der Waals surface area contributed by atoms with Crippen molar-refractivity contribution in [3.05, 3.63) is 56.9 Å². The van der Waals surface area contributed by atoms with E-state index in [4.69, 9.17) is 10.00 Å². The van der Waals surface area contributed by atoms with Gasteiger partial charge in [-0.1, -0.05) is 0 Å². The molecule has 0 amide bonds. The van der Waals surface area contributed by atoms with Gasteiger partial charge in [0.25, 0.3) is 0 Å². The number of nitrogens with zero attached hydrogens (tertiary/aromatic N) is 5. The van der Waals surface area contributed by atoms with Gasteiger partial charge in [-0.15, -0.1) is 0 Å². The summed E-state index contributed by atoms with van der Waals surface area (Å²) in [6.45, 7) is 0. The van der Waals surface area contributed by atoms with E-state index >= 15 is 0 Å². The number of aromatic nitrogens is 3. The summed E-state index contributed by atoms with van der Waals surface area (Å²) >= 11 is 3.33. The van der Waals surface area contributed by atoms with Gasteiger partial charge in [-0.25, -0.2) is 4.52 Å². The molecule has 0 aliphatic carbocycles. The molecule has 0 unspecified atom stereocenters. The van der Waals surface area contributed by atoms with Gasteiger partial charge in [-0.05, 0) is 38.0 Å². The van der Waals surface area contributed by atoms with Crippen LogP contribution in [-0.2, 0) is 0 Å². The zero-order valence-corrected chi connectivity index (χ0v) is 12.4. The molecule has 0 N–H and O–H groups in total. The van der Waals surface area contributed by atoms with Gasteiger partial charge >= 0.3 is 5.82 Å². The van der Waals surface area contributed by atoms with Crippen molar-refractivity contribution in [1.29, 1.82) is 5.26 Å². The zero-order valence-electron chi connectivity index (χ0n) is 10.8. The fourth-order valence-corrected chi connectivity index (χ4v) is 2.28. The molecule has 108 valence electrons. The van der Waals surface area contributed by atoms with Gasteiger partial charge in [-0.3, -0.25) is 0 Å². The SMILES string of the molecule is N#Cc1cnn2cc(Br)cc(Oc3ccc([N+](=O)[O-])nc3)c12.